The van der Waals surface area contributed by atoms with E-state index in [1.165, 1.54) is 6.07 Å². The Balaban J connectivity index is 1.82. The third kappa shape index (κ3) is 3.11. The number of halogens is 2. The summed E-state index contributed by atoms with van der Waals surface area (Å²) >= 11 is 3.08. The third-order valence-electron chi connectivity index (χ3n) is 3.10. The maximum absolute atomic E-state index is 13.0. The molecule has 0 spiro atoms. The molecule has 3 rings (SSSR count). The van der Waals surface area contributed by atoms with Gasteiger partial charge < -0.3 is 4.74 Å². The Bertz CT molecular complexity index is 958. The fourth-order valence-electron chi connectivity index (χ4n) is 1.96. The molecular weight excluding hydrogens is 369 g/mol. The van der Waals surface area contributed by atoms with Gasteiger partial charge in [0.1, 0.15) is 11.3 Å². The van der Waals surface area contributed by atoms with Gasteiger partial charge in [-0.15, -0.1) is 5.10 Å². The number of hydrogen-bond acceptors (Lipinski definition) is 5. The van der Waals surface area contributed by atoms with Crippen LogP contribution in [-0.4, -0.2) is 21.0 Å². The lowest BCUT2D eigenvalue weighted by atomic mass is 10.2. The number of ether oxygens (including phenoxy) is 1. The smallest absolute Gasteiger partial charge is 0.341 e. The molecule has 0 bridgehead atoms. The van der Waals surface area contributed by atoms with Crippen LogP contribution >= 0.6 is 15.9 Å². The Hall–Kier alpha value is -2.61. The minimum absolute atomic E-state index is 0.146. The Morgan fingerprint density at radius 1 is 1.26 bits per heavy atom. The molecule has 23 heavy (non-hydrogen) atoms. The lowest BCUT2D eigenvalue weighted by Gasteiger charge is -2.07. The van der Waals surface area contributed by atoms with Crippen LogP contribution < -0.4 is 5.56 Å². The number of esters is 1. The van der Waals surface area contributed by atoms with Crippen LogP contribution in [0.1, 0.15) is 10.4 Å². The van der Waals surface area contributed by atoms with Gasteiger partial charge in [-0.3, -0.25) is 4.79 Å². The van der Waals surface area contributed by atoms with Gasteiger partial charge in [0.2, 0.25) is 0 Å². The number of nitrogens with zero attached hydrogens (tertiary/aromatic N) is 3. The van der Waals surface area contributed by atoms with Crippen molar-refractivity contribution in [2.24, 2.45) is 0 Å². The molecule has 0 aliphatic heterocycles. The molecule has 6 nitrogen and oxygen atoms in total. The standard InChI is InChI=1S/C15H9BrFN3O3/c16-12-7-9(17)5-6-10(12)15(22)23-8-20-14(21)11-3-1-2-4-13(11)18-19-20/h1-7H,8H2. The predicted molar refractivity (Wildman–Crippen MR) is 83.3 cm³/mol. The van der Waals surface area contributed by atoms with Gasteiger partial charge in [0.25, 0.3) is 5.56 Å². The van der Waals surface area contributed by atoms with Crippen molar-refractivity contribution in [2.75, 3.05) is 0 Å². The van der Waals surface area contributed by atoms with Gasteiger partial charge in [0.05, 0.1) is 10.9 Å². The van der Waals surface area contributed by atoms with Crippen LogP contribution in [0, 0.1) is 5.82 Å². The Morgan fingerprint density at radius 3 is 2.83 bits per heavy atom. The number of carbonyl (C=O) groups is 1. The van der Waals surface area contributed by atoms with E-state index in [0.717, 1.165) is 16.8 Å². The normalized spacial score (nSPS) is 10.7. The lowest BCUT2D eigenvalue weighted by molar-refractivity contribution is 0.0335. The second-order valence-corrected chi connectivity index (χ2v) is 5.45. The van der Waals surface area contributed by atoms with Gasteiger partial charge in [-0.05, 0) is 46.3 Å². The molecule has 1 aromatic heterocycles. The molecule has 0 amide bonds. The zero-order chi connectivity index (χ0) is 16.4. The average molecular weight is 378 g/mol. The molecular formula is C15H9BrFN3O3. The van der Waals surface area contributed by atoms with Crippen LogP contribution in [0.5, 0.6) is 0 Å². The number of benzene rings is 2. The molecule has 0 unspecified atom stereocenters. The molecule has 0 aliphatic carbocycles. The van der Waals surface area contributed by atoms with E-state index in [1.807, 2.05) is 0 Å². The molecule has 116 valence electrons. The number of fused-ring (bicyclic) bond motifs is 1. The van der Waals surface area contributed by atoms with Crippen molar-refractivity contribution >= 4 is 32.8 Å². The molecule has 1 heterocycles. The summed E-state index contributed by atoms with van der Waals surface area (Å²) in [6.45, 7) is -0.390. The second kappa shape index (κ2) is 6.25. The summed E-state index contributed by atoms with van der Waals surface area (Å²) in [4.78, 5) is 24.2. The van der Waals surface area contributed by atoms with Gasteiger partial charge in [0, 0.05) is 4.47 Å². The molecule has 2 aromatic carbocycles. The van der Waals surface area contributed by atoms with Crippen molar-refractivity contribution in [3.8, 4) is 0 Å². The van der Waals surface area contributed by atoms with Gasteiger partial charge in [-0.25, -0.2) is 9.18 Å². The SMILES string of the molecule is O=C(OCn1nnc2ccccc2c1=O)c1ccc(F)cc1Br. The summed E-state index contributed by atoms with van der Waals surface area (Å²) in [5.41, 5.74) is 0.191. The first-order valence-electron chi connectivity index (χ1n) is 6.51. The van der Waals surface area contributed by atoms with Crippen LogP contribution in [0.15, 0.2) is 51.7 Å². The highest BCUT2D eigenvalue weighted by Crippen LogP contribution is 2.19. The zero-order valence-corrected chi connectivity index (χ0v) is 13.2. The van der Waals surface area contributed by atoms with Crippen LogP contribution in [0.2, 0.25) is 0 Å². The number of carbonyl (C=O) groups excluding carboxylic acids is 1. The Labute approximate surface area is 137 Å². The quantitative estimate of drug-likeness (QED) is 0.655. The van der Waals surface area contributed by atoms with Crippen molar-refractivity contribution in [3.63, 3.8) is 0 Å². The van der Waals surface area contributed by atoms with E-state index in [0.29, 0.717) is 10.9 Å². The van der Waals surface area contributed by atoms with E-state index in [4.69, 9.17) is 4.74 Å². The highest BCUT2D eigenvalue weighted by molar-refractivity contribution is 9.10. The predicted octanol–water partition coefficient (Wildman–Crippen LogP) is 2.51. The maximum Gasteiger partial charge on any atom is 0.341 e. The lowest BCUT2D eigenvalue weighted by Crippen LogP contribution is -2.26. The summed E-state index contributed by atoms with van der Waals surface area (Å²) in [6.07, 6.45) is 0. The Morgan fingerprint density at radius 2 is 2.04 bits per heavy atom. The first-order chi connectivity index (χ1) is 11.1. The van der Waals surface area contributed by atoms with Crippen molar-refractivity contribution in [3.05, 3.63) is 68.7 Å². The largest absolute Gasteiger partial charge is 0.439 e. The minimum Gasteiger partial charge on any atom is -0.439 e. The van der Waals surface area contributed by atoms with Crippen LogP contribution in [0.4, 0.5) is 4.39 Å². The minimum atomic E-state index is -0.710. The number of hydrogen-bond donors (Lipinski definition) is 0. The third-order valence-corrected chi connectivity index (χ3v) is 3.75. The first kappa shape index (κ1) is 15.3. The van der Waals surface area contributed by atoms with Crippen molar-refractivity contribution in [2.45, 2.75) is 6.73 Å². The number of aromatic nitrogens is 3. The molecule has 0 aliphatic rings. The van der Waals surface area contributed by atoms with E-state index in [-0.39, 0.29) is 16.8 Å². The van der Waals surface area contributed by atoms with Crippen LogP contribution in [-0.2, 0) is 11.5 Å². The van der Waals surface area contributed by atoms with Gasteiger partial charge >= 0.3 is 5.97 Å². The average Bonchev–Trinajstić information content (AvgIpc) is 2.54. The molecule has 8 heteroatoms. The van der Waals surface area contributed by atoms with E-state index >= 15 is 0 Å². The van der Waals surface area contributed by atoms with Crippen LogP contribution in [0.3, 0.4) is 0 Å². The monoisotopic (exact) mass is 377 g/mol. The van der Waals surface area contributed by atoms with Crippen LogP contribution in [0.25, 0.3) is 10.9 Å². The molecule has 0 saturated heterocycles. The molecule has 0 radical (unpaired) electrons. The van der Waals surface area contributed by atoms with Crippen molar-refractivity contribution in [1.82, 2.24) is 15.0 Å². The molecule has 0 N–H and O–H groups in total. The second-order valence-electron chi connectivity index (χ2n) is 4.60. The summed E-state index contributed by atoms with van der Waals surface area (Å²) in [5.74, 6) is -1.19. The van der Waals surface area contributed by atoms with Crippen molar-refractivity contribution < 1.29 is 13.9 Å². The zero-order valence-electron chi connectivity index (χ0n) is 11.6. The van der Waals surface area contributed by atoms with Gasteiger partial charge in [-0.2, -0.15) is 4.68 Å². The highest BCUT2D eigenvalue weighted by atomic mass is 79.9. The summed E-state index contributed by atoms with van der Waals surface area (Å²) < 4.78 is 19.3. The van der Waals surface area contributed by atoms with E-state index < -0.39 is 17.3 Å². The molecule has 0 atom stereocenters. The van der Waals surface area contributed by atoms with Gasteiger partial charge in [0.15, 0.2) is 6.73 Å². The fraction of sp³-hybridized carbons (Fsp3) is 0.0667. The maximum atomic E-state index is 13.0. The Kier molecular flexibility index (Phi) is 4.16. The summed E-state index contributed by atoms with van der Waals surface area (Å²) in [7, 11) is 0. The van der Waals surface area contributed by atoms with Gasteiger partial charge in [-0.1, -0.05) is 17.3 Å². The van der Waals surface area contributed by atoms with E-state index in [2.05, 4.69) is 26.2 Å². The first-order valence-corrected chi connectivity index (χ1v) is 7.30. The fourth-order valence-corrected chi connectivity index (χ4v) is 2.47. The summed E-state index contributed by atoms with van der Waals surface area (Å²) in [6, 6.07) is 10.3. The number of rotatable bonds is 3. The van der Waals surface area contributed by atoms with Crippen molar-refractivity contribution in [1.29, 1.82) is 0 Å². The molecule has 0 fully saturated rings. The topological polar surface area (TPSA) is 74.1 Å². The molecule has 0 saturated carbocycles. The van der Waals surface area contributed by atoms with E-state index in [9.17, 15) is 14.0 Å². The summed E-state index contributed by atoms with van der Waals surface area (Å²) in [5, 5.41) is 7.97. The highest BCUT2D eigenvalue weighted by Gasteiger charge is 2.13. The molecule has 3 aromatic rings. The van der Waals surface area contributed by atoms with E-state index in [1.54, 1.807) is 24.3 Å².